The number of nitrogens with one attached hydrogen (secondary N) is 2. The molecule has 2 aromatic heterocycles. The Labute approximate surface area is 183 Å². The summed E-state index contributed by atoms with van der Waals surface area (Å²) in [5.41, 5.74) is 1.96. The third kappa shape index (κ3) is 4.10. The molecule has 0 bridgehead atoms. The molecule has 31 heavy (non-hydrogen) atoms. The molecular formula is C23H19N3O4S. The van der Waals surface area contributed by atoms with Gasteiger partial charge in [0.2, 0.25) is 6.79 Å². The Hall–Kier alpha value is -3.78. The number of hydrogen-bond acceptors (Lipinski definition) is 5. The van der Waals surface area contributed by atoms with Gasteiger partial charge in [-0.15, -0.1) is 0 Å². The van der Waals surface area contributed by atoms with Crippen molar-refractivity contribution in [1.29, 1.82) is 0 Å². The summed E-state index contributed by atoms with van der Waals surface area (Å²) < 4.78 is 16.4. The number of anilines is 1. The fourth-order valence-electron chi connectivity index (χ4n) is 3.48. The highest BCUT2D eigenvalue weighted by molar-refractivity contribution is 7.80. The molecule has 0 saturated carbocycles. The Morgan fingerprint density at radius 1 is 1.03 bits per heavy atom. The van der Waals surface area contributed by atoms with E-state index >= 15 is 0 Å². The Balaban J connectivity index is 1.45. The molecule has 2 aromatic carbocycles. The zero-order valence-electron chi connectivity index (χ0n) is 16.5. The number of ether oxygens (including phenoxy) is 2. The molecule has 0 unspecified atom stereocenters. The van der Waals surface area contributed by atoms with Crippen molar-refractivity contribution < 1.29 is 13.9 Å². The number of benzene rings is 2. The maximum Gasteiger partial charge on any atom is 0.253 e. The van der Waals surface area contributed by atoms with E-state index in [1.165, 1.54) is 0 Å². The molecule has 4 aromatic rings. The van der Waals surface area contributed by atoms with Crippen molar-refractivity contribution in [1.82, 2.24) is 9.88 Å². The van der Waals surface area contributed by atoms with Gasteiger partial charge in [-0.05, 0) is 48.6 Å². The number of para-hydroxylation sites is 1. The van der Waals surface area contributed by atoms with Gasteiger partial charge in [0.15, 0.2) is 16.6 Å². The van der Waals surface area contributed by atoms with Crippen LogP contribution in [0.25, 0.3) is 10.9 Å². The van der Waals surface area contributed by atoms with Crippen LogP contribution in [0.2, 0.25) is 0 Å². The highest BCUT2D eigenvalue weighted by atomic mass is 32.1. The van der Waals surface area contributed by atoms with Gasteiger partial charge in [-0.2, -0.15) is 0 Å². The van der Waals surface area contributed by atoms with E-state index in [1.807, 2.05) is 59.5 Å². The Kier molecular flexibility index (Phi) is 5.05. The minimum atomic E-state index is -0.182. The van der Waals surface area contributed by atoms with Crippen LogP contribution in [0.3, 0.4) is 0 Å². The molecule has 1 aliphatic rings. The van der Waals surface area contributed by atoms with E-state index in [-0.39, 0.29) is 12.4 Å². The number of rotatable bonds is 5. The Morgan fingerprint density at radius 3 is 2.61 bits per heavy atom. The Morgan fingerprint density at radius 2 is 1.84 bits per heavy atom. The second-order valence-electron chi connectivity index (χ2n) is 7.15. The number of aromatic nitrogens is 1. The topological polar surface area (TPSA) is 79.7 Å². The summed E-state index contributed by atoms with van der Waals surface area (Å²) in [6, 6.07) is 18.9. The first-order valence-electron chi connectivity index (χ1n) is 9.74. The van der Waals surface area contributed by atoms with E-state index in [1.54, 1.807) is 12.3 Å². The van der Waals surface area contributed by atoms with Crippen molar-refractivity contribution in [3.8, 4) is 11.5 Å². The van der Waals surface area contributed by atoms with Crippen LogP contribution >= 0.6 is 12.2 Å². The van der Waals surface area contributed by atoms with Crippen molar-refractivity contribution in [3.05, 3.63) is 88.6 Å². The summed E-state index contributed by atoms with van der Waals surface area (Å²) in [4.78, 5) is 17.6. The first-order chi connectivity index (χ1) is 15.2. The number of thiocarbonyl (C=S) groups is 1. The van der Waals surface area contributed by atoms with E-state index in [2.05, 4.69) is 10.3 Å². The molecule has 0 fully saturated rings. The predicted octanol–water partition coefficient (Wildman–Crippen LogP) is 4.25. The number of furan rings is 1. The summed E-state index contributed by atoms with van der Waals surface area (Å²) >= 11 is 5.66. The summed E-state index contributed by atoms with van der Waals surface area (Å²) in [6.45, 7) is 0.905. The zero-order chi connectivity index (χ0) is 21.2. The number of H-pyrrole nitrogens is 1. The van der Waals surface area contributed by atoms with Crippen LogP contribution in [0.5, 0.6) is 11.5 Å². The van der Waals surface area contributed by atoms with Crippen LogP contribution in [0.1, 0.15) is 11.3 Å². The lowest BCUT2D eigenvalue weighted by Crippen LogP contribution is -2.35. The van der Waals surface area contributed by atoms with E-state index < -0.39 is 0 Å². The Bertz CT molecular complexity index is 1290. The highest BCUT2D eigenvalue weighted by Crippen LogP contribution is 2.35. The van der Waals surface area contributed by atoms with Gasteiger partial charge < -0.3 is 29.1 Å². The molecule has 5 rings (SSSR count). The van der Waals surface area contributed by atoms with E-state index in [4.69, 9.17) is 26.1 Å². The lowest BCUT2D eigenvalue weighted by molar-refractivity contribution is 0.174. The molecule has 0 atom stereocenters. The second-order valence-corrected chi connectivity index (χ2v) is 7.53. The number of hydrogen-bond donors (Lipinski definition) is 2. The predicted molar refractivity (Wildman–Crippen MR) is 121 cm³/mol. The van der Waals surface area contributed by atoms with Gasteiger partial charge in [0.05, 0.1) is 24.9 Å². The normalized spacial score (nSPS) is 12.1. The third-order valence-corrected chi connectivity index (χ3v) is 5.37. The van der Waals surface area contributed by atoms with Crippen molar-refractivity contribution in [2.75, 3.05) is 12.1 Å². The van der Waals surface area contributed by atoms with Crippen molar-refractivity contribution >= 4 is 33.9 Å². The molecule has 156 valence electrons. The summed E-state index contributed by atoms with van der Waals surface area (Å²) in [6.07, 6.45) is 1.62. The molecule has 0 spiro atoms. The van der Waals surface area contributed by atoms with Crippen LogP contribution in [0, 0.1) is 0 Å². The summed E-state index contributed by atoms with van der Waals surface area (Å²) in [5, 5.41) is 4.59. The van der Waals surface area contributed by atoms with Gasteiger partial charge in [0, 0.05) is 22.7 Å². The molecule has 0 saturated heterocycles. The summed E-state index contributed by atoms with van der Waals surface area (Å²) in [5.74, 6) is 2.04. The largest absolute Gasteiger partial charge is 0.467 e. The van der Waals surface area contributed by atoms with Gasteiger partial charge >= 0.3 is 0 Å². The van der Waals surface area contributed by atoms with Crippen molar-refractivity contribution in [3.63, 3.8) is 0 Å². The first kappa shape index (κ1) is 19.2. The van der Waals surface area contributed by atoms with Gasteiger partial charge in [-0.3, -0.25) is 4.79 Å². The molecule has 2 N–H and O–H groups in total. The standard InChI is InChI=1S/C23H19N3O4S/c27-22-16(9-15-10-20-21(30-14-29-20)11-19(15)25-22)12-26(13-18-7-4-8-28-18)23(31)24-17-5-2-1-3-6-17/h1-11H,12-14H2,(H,24,31)(H,25,27). The lowest BCUT2D eigenvalue weighted by Gasteiger charge is -2.25. The molecule has 7 nitrogen and oxygen atoms in total. The molecule has 0 aliphatic carbocycles. The van der Waals surface area contributed by atoms with Crippen LogP contribution in [-0.2, 0) is 13.1 Å². The number of fused-ring (bicyclic) bond motifs is 2. The molecule has 0 radical (unpaired) electrons. The van der Waals surface area contributed by atoms with Crippen LogP contribution < -0.4 is 20.3 Å². The summed E-state index contributed by atoms with van der Waals surface area (Å²) in [7, 11) is 0. The van der Waals surface area contributed by atoms with E-state index in [0.717, 1.165) is 16.8 Å². The quantitative estimate of drug-likeness (QED) is 0.456. The molecule has 3 heterocycles. The highest BCUT2D eigenvalue weighted by Gasteiger charge is 2.18. The number of aromatic amines is 1. The van der Waals surface area contributed by atoms with Crippen LogP contribution in [-0.4, -0.2) is 21.8 Å². The van der Waals surface area contributed by atoms with E-state index in [9.17, 15) is 4.79 Å². The van der Waals surface area contributed by atoms with Crippen LogP contribution in [0.15, 0.2) is 76.1 Å². The van der Waals surface area contributed by atoms with Gasteiger partial charge in [0.25, 0.3) is 5.56 Å². The first-order valence-corrected chi connectivity index (χ1v) is 10.2. The SMILES string of the molecule is O=c1[nH]c2cc3c(cc2cc1CN(Cc1ccco1)C(=S)Nc1ccccc1)OCO3. The maximum absolute atomic E-state index is 12.8. The maximum atomic E-state index is 12.8. The van der Waals surface area contributed by atoms with Crippen LogP contribution in [0.4, 0.5) is 5.69 Å². The van der Waals surface area contributed by atoms with Crippen molar-refractivity contribution in [2.45, 2.75) is 13.1 Å². The zero-order valence-corrected chi connectivity index (χ0v) is 17.3. The molecule has 8 heteroatoms. The average Bonchev–Trinajstić information content (AvgIpc) is 3.44. The third-order valence-electron chi connectivity index (χ3n) is 5.01. The second kappa shape index (κ2) is 8.16. The minimum absolute atomic E-state index is 0.180. The molecular weight excluding hydrogens is 414 g/mol. The van der Waals surface area contributed by atoms with Gasteiger partial charge in [-0.1, -0.05) is 18.2 Å². The average molecular weight is 433 g/mol. The fourth-order valence-corrected chi connectivity index (χ4v) is 3.73. The minimum Gasteiger partial charge on any atom is -0.467 e. The van der Waals surface area contributed by atoms with Gasteiger partial charge in [-0.25, -0.2) is 0 Å². The number of nitrogens with zero attached hydrogens (tertiary/aromatic N) is 1. The van der Waals surface area contributed by atoms with Gasteiger partial charge in [0.1, 0.15) is 5.76 Å². The lowest BCUT2D eigenvalue weighted by atomic mass is 10.1. The molecule has 0 amide bonds. The smallest absolute Gasteiger partial charge is 0.253 e. The molecule has 1 aliphatic heterocycles. The van der Waals surface area contributed by atoms with Crippen molar-refractivity contribution in [2.24, 2.45) is 0 Å². The van der Waals surface area contributed by atoms with E-state index in [0.29, 0.717) is 40.8 Å². The monoisotopic (exact) mass is 433 g/mol. The fraction of sp³-hybridized carbons (Fsp3) is 0.130. The number of pyridine rings is 1.